The van der Waals surface area contributed by atoms with Gasteiger partial charge >= 0.3 is 0 Å². The topological polar surface area (TPSA) is 26.7 Å². The molecule has 5 heteroatoms. The quantitative estimate of drug-likeness (QED) is 0.871. The fourth-order valence-electron chi connectivity index (χ4n) is 3.45. The van der Waals surface area contributed by atoms with Crippen LogP contribution >= 0.6 is 0 Å². The van der Waals surface area contributed by atoms with Gasteiger partial charge < -0.3 is 5.11 Å². The van der Waals surface area contributed by atoms with E-state index in [1.54, 1.807) is 6.07 Å². The van der Waals surface area contributed by atoms with Crippen LogP contribution < -0.4 is 0 Å². The van der Waals surface area contributed by atoms with Gasteiger partial charge in [-0.3, -0.25) is 9.80 Å². The van der Waals surface area contributed by atoms with Crippen LogP contribution in [0.2, 0.25) is 0 Å². The average molecular weight is 346 g/mol. The van der Waals surface area contributed by atoms with E-state index >= 15 is 0 Å². The van der Waals surface area contributed by atoms with Crippen molar-refractivity contribution in [3.63, 3.8) is 0 Å². The Balaban J connectivity index is 1.63. The standard InChI is InChI=1S/C20H24F2N2O/c21-19-7-6-17(12-20(19)22)13-23-9-10-24(18(15-23)8-11-25)14-16-4-2-1-3-5-16/h1-7,12,18,25H,8-11,13-15H2. The molecule has 2 aromatic rings. The highest BCUT2D eigenvalue weighted by molar-refractivity contribution is 5.18. The first-order chi connectivity index (χ1) is 12.2. The van der Waals surface area contributed by atoms with Crippen LogP contribution in [0, 0.1) is 11.6 Å². The summed E-state index contributed by atoms with van der Waals surface area (Å²) in [6.07, 6.45) is 0.709. The zero-order chi connectivity index (χ0) is 17.6. The zero-order valence-corrected chi connectivity index (χ0v) is 14.2. The maximum atomic E-state index is 13.4. The van der Waals surface area contributed by atoms with Crippen molar-refractivity contribution in [2.45, 2.75) is 25.6 Å². The van der Waals surface area contributed by atoms with Crippen LogP contribution in [0.25, 0.3) is 0 Å². The summed E-state index contributed by atoms with van der Waals surface area (Å²) in [6.45, 7) is 4.18. The van der Waals surface area contributed by atoms with E-state index in [4.69, 9.17) is 0 Å². The largest absolute Gasteiger partial charge is 0.396 e. The van der Waals surface area contributed by atoms with Crippen molar-refractivity contribution in [2.24, 2.45) is 0 Å². The number of rotatable bonds is 6. The number of hydrogen-bond donors (Lipinski definition) is 1. The van der Waals surface area contributed by atoms with Crippen molar-refractivity contribution in [2.75, 3.05) is 26.2 Å². The molecule has 3 rings (SSSR count). The van der Waals surface area contributed by atoms with Crippen molar-refractivity contribution in [1.29, 1.82) is 0 Å². The van der Waals surface area contributed by atoms with Crippen LogP contribution in [0.5, 0.6) is 0 Å². The number of halogens is 2. The Kier molecular flexibility index (Phi) is 6.13. The minimum absolute atomic E-state index is 0.148. The maximum Gasteiger partial charge on any atom is 0.159 e. The van der Waals surface area contributed by atoms with Crippen LogP contribution in [0.4, 0.5) is 8.78 Å². The Bertz CT molecular complexity index is 681. The van der Waals surface area contributed by atoms with Gasteiger partial charge in [0.05, 0.1) is 0 Å². The molecule has 25 heavy (non-hydrogen) atoms. The first kappa shape index (κ1) is 18.0. The molecule has 1 heterocycles. The van der Waals surface area contributed by atoms with Gasteiger partial charge in [0.15, 0.2) is 11.6 Å². The third-order valence-corrected chi connectivity index (χ3v) is 4.77. The molecule has 1 fully saturated rings. The highest BCUT2D eigenvalue weighted by Crippen LogP contribution is 2.19. The first-order valence-corrected chi connectivity index (χ1v) is 8.71. The molecule has 1 N–H and O–H groups in total. The summed E-state index contributed by atoms with van der Waals surface area (Å²) >= 11 is 0. The average Bonchev–Trinajstić information content (AvgIpc) is 2.62. The van der Waals surface area contributed by atoms with Crippen LogP contribution in [0.1, 0.15) is 17.5 Å². The summed E-state index contributed by atoms with van der Waals surface area (Å²) in [7, 11) is 0. The molecule has 0 aromatic heterocycles. The monoisotopic (exact) mass is 346 g/mol. The third-order valence-electron chi connectivity index (χ3n) is 4.77. The Morgan fingerprint density at radius 2 is 1.72 bits per heavy atom. The Labute approximate surface area is 147 Å². The number of aliphatic hydroxyl groups is 1. The van der Waals surface area contributed by atoms with Crippen molar-refractivity contribution in [1.82, 2.24) is 9.80 Å². The molecule has 0 aliphatic carbocycles. The number of hydrogen-bond acceptors (Lipinski definition) is 3. The molecule has 0 bridgehead atoms. The molecular weight excluding hydrogens is 322 g/mol. The summed E-state index contributed by atoms with van der Waals surface area (Å²) < 4.78 is 26.5. The molecule has 2 aromatic carbocycles. The number of nitrogens with zero attached hydrogens (tertiary/aromatic N) is 2. The molecule has 1 saturated heterocycles. The molecule has 1 unspecified atom stereocenters. The van der Waals surface area contributed by atoms with Crippen LogP contribution in [-0.2, 0) is 13.1 Å². The second kappa shape index (κ2) is 8.52. The zero-order valence-electron chi connectivity index (χ0n) is 14.2. The smallest absolute Gasteiger partial charge is 0.159 e. The highest BCUT2D eigenvalue weighted by atomic mass is 19.2. The highest BCUT2D eigenvalue weighted by Gasteiger charge is 2.26. The van der Waals surface area contributed by atoms with Gasteiger partial charge in [-0.25, -0.2) is 8.78 Å². The summed E-state index contributed by atoms with van der Waals surface area (Å²) in [5, 5.41) is 9.41. The first-order valence-electron chi connectivity index (χ1n) is 8.71. The molecular formula is C20H24F2N2O. The normalized spacial score (nSPS) is 19.2. The Morgan fingerprint density at radius 1 is 0.920 bits per heavy atom. The van der Waals surface area contributed by atoms with E-state index in [-0.39, 0.29) is 12.6 Å². The fourth-order valence-corrected chi connectivity index (χ4v) is 3.45. The number of aliphatic hydroxyl groups excluding tert-OH is 1. The Morgan fingerprint density at radius 3 is 2.44 bits per heavy atom. The maximum absolute atomic E-state index is 13.4. The minimum atomic E-state index is -0.811. The van der Waals surface area contributed by atoms with Crippen LogP contribution in [-0.4, -0.2) is 47.2 Å². The molecule has 0 amide bonds. The molecule has 0 radical (unpaired) electrons. The van der Waals surface area contributed by atoms with Crippen molar-refractivity contribution >= 4 is 0 Å². The van der Waals surface area contributed by atoms with E-state index in [1.807, 2.05) is 18.2 Å². The summed E-state index contributed by atoms with van der Waals surface area (Å²) in [4.78, 5) is 4.64. The second-order valence-electron chi connectivity index (χ2n) is 6.61. The summed E-state index contributed by atoms with van der Waals surface area (Å²) in [5.74, 6) is -1.61. The molecule has 3 nitrogen and oxygen atoms in total. The van der Waals surface area contributed by atoms with Gasteiger partial charge in [0, 0.05) is 45.4 Å². The minimum Gasteiger partial charge on any atom is -0.396 e. The lowest BCUT2D eigenvalue weighted by atomic mass is 10.1. The Hall–Kier alpha value is -1.82. The SMILES string of the molecule is OCCC1CN(Cc2ccc(F)c(F)c2)CCN1Cc1ccccc1. The van der Waals surface area contributed by atoms with Crippen molar-refractivity contribution in [3.8, 4) is 0 Å². The van der Waals surface area contributed by atoms with E-state index in [0.717, 1.165) is 31.7 Å². The number of benzene rings is 2. The van der Waals surface area contributed by atoms with E-state index in [2.05, 4.69) is 21.9 Å². The van der Waals surface area contributed by atoms with Gasteiger partial charge in [-0.05, 0) is 29.7 Å². The van der Waals surface area contributed by atoms with E-state index < -0.39 is 11.6 Å². The van der Waals surface area contributed by atoms with Gasteiger partial charge in [0.25, 0.3) is 0 Å². The lowest BCUT2D eigenvalue weighted by Gasteiger charge is -2.41. The molecule has 0 saturated carbocycles. The predicted octanol–water partition coefficient (Wildman–Crippen LogP) is 3.03. The molecule has 134 valence electrons. The van der Waals surface area contributed by atoms with E-state index in [0.29, 0.717) is 13.0 Å². The van der Waals surface area contributed by atoms with Gasteiger partial charge in [0.2, 0.25) is 0 Å². The molecule has 1 atom stereocenters. The third kappa shape index (κ3) is 4.84. The summed E-state index contributed by atoms with van der Waals surface area (Å²) in [5.41, 5.74) is 2.04. The van der Waals surface area contributed by atoms with Gasteiger partial charge in [0.1, 0.15) is 0 Å². The lowest BCUT2D eigenvalue weighted by molar-refractivity contribution is 0.0499. The lowest BCUT2D eigenvalue weighted by Crippen LogP contribution is -2.52. The van der Waals surface area contributed by atoms with Gasteiger partial charge in [-0.15, -0.1) is 0 Å². The molecule has 1 aliphatic rings. The van der Waals surface area contributed by atoms with Crippen molar-refractivity contribution in [3.05, 3.63) is 71.3 Å². The summed E-state index contributed by atoms with van der Waals surface area (Å²) in [6, 6.07) is 14.7. The molecule has 0 spiro atoms. The van der Waals surface area contributed by atoms with Crippen LogP contribution in [0.15, 0.2) is 48.5 Å². The fraction of sp³-hybridized carbons (Fsp3) is 0.400. The van der Waals surface area contributed by atoms with Crippen molar-refractivity contribution < 1.29 is 13.9 Å². The number of piperazine rings is 1. The molecule has 1 aliphatic heterocycles. The van der Waals surface area contributed by atoms with E-state index in [9.17, 15) is 13.9 Å². The van der Waals surface area contributed by atoms with E-state index in [1.165, 1.54) is 17.7 Å². The van der Waals surface area contributed by atoms with Gasteiger partial charge in [-0.1, -0.05) is 36.4 Å². The van der Waals surface area contributed by atoms with Gasteiger partial charge in [-0.2, -0.15) is 0 Å². The van der Waals surface area contributed by atoms with Crippen LogP contribution in [0.3, 0.4) is 0 Å². The second-order valence-corrected chi connectivity index (χ2v) is 6.61. The predicted molar refractivity (Wildman–Crippen MR) is 94.0 cm³/mol.